The number of aryl methyl sites for hydroxylation is 1. The molecule has 0 saturated carbocycles. The highest BCUT2D eigenvalue weighted by Gasteiger charge is 2.08. The molecule has 72 valence electrons. The van der Waals surface area contributed by atoms with Gasteiger partial charge in [0.25, 0.3) is 5.95 Å². The Morgan fingerprint density at radius 2 is 2.31 bits per heavy atom. The van der Waals surface area contributed by atoms with E-state index in [-0.39, 0.29) is 12.8 Å². The smallest absolute Gasteiger partial charge is 0.303 e. The Labute approximate surface area is 75.2 Å². The lowest BCUT2D eigenvalue weighted by atomic mass is 10.3. The van der Waals surface area contributed by atoms with Gasteiger partial charge in [0.2, 0.25) is 5.89 Å². The van der Waals surface area contributed by atoms with Crippen molar-refractivity contribution in [2.75, 3.05) is 19.0 Å². The maximum atomic E-state index is 10.2. The number of carboxylic acid groups (broad SMARTS) is 1. The first-order valence-electron chi connectivity index (χ1n) is 3.81. The van der Waals surface area contributed by atoms with E-state index in [1.165, 1.54) is 0 Å². The number of anilines is 1. The Morgan fingerprint density at radius 1 is 1.62 bits per heavy atom. The number of aromatic nitrogens is 2. The molecule has 0 spiro atoms. The van der Waals surface area contributed by atoms with Crippen molar-refractivity contribution in [3.63, 3.8) is 0 Å². The molecule has 1 aromatic heterocycles. The molecule has 1 rings (SSSR count). The van der Waals surface area contributed by atoms with Gasteiger partial charge in [-0.15, -0.1) is 0 Å². The maximum Gasteiger partial charge on any atom is 0.303 e. The summed E-state index contributed by atoms with van der Waals surface area (Å²) in [6.07, 6.45) is 0.283. The summed E-state index contributed by atoms with van der Waals surface area (Å²) < 4.78 is 4.81. The van der Waals surface area contributed by atoms with Crippen molar-refractivity contribution < 1.29 is 14.4 Å². The van der Waals surface area contributed by atoms with Gasteiger partial charge in [0.15, 0.2) is 0 Å². The number of aliphatic carboxylic acids is 1. The molecule has 0 aliphatic rings. The largest absolute Gasteiger partial charge is 0.481 e. The molecule has 0 aliphatic carbocycles. The van der Waals surface area contributed by atoms with Crippen LogP contribution >= 0.6 is 0 Å². The first kappa shape index (κ1) is 9.50. The van der Waals surface area contributed by atoms with Crippen molar-refractivity contribution in [1.29, 1.82) is 0 Å². The molecular formula is C7H11N3O3. The summed E-state index contributed by atoms with van der Waals surface area (Å²) in [5.74, 6) is -0.0592. The van der Waals surface area contributed by atoms with Gasteiger partial charge in [-0.25, -0.2) is 0 Å². The molecule has 0 aliphatic heterocycles. The summed E-state index contributed by atoms with van der Waals surface area (Å²) in [5, 5.41) is 12.0. The number of hydrogen-bond acceptors (Lipinski definition) is 5. The third-order valence-corrected chi connectivity index (χ3v) is 1.41. The molecule has 0 unspecified atom stereocenters. The van der Waals surface area contributed by atoms with Gasteiger partial charge in [-0.2, -0.15) is 4.98 Å². The van der Waals surface area contributed by atoms with Crippen molar-refractivity contribution >= 4 is 11.9 Å². The molecule has 1 heterocycles. The van der Waals surface area contributed by atoms with Crippen LogP contribution in [0.15, 0.2) is 4.52 Å². The highest BCUT2D eigenvalue weighted by Crippen LogP contribution is 2.06. The van der Waals surface area contributed by atoms with Crippen LogP contribution in [0.1, 0.15) is 12.3 Å². The van der Waals surface area contributed by atoms with Crippen LogP contribution in [0, 0.1) is 0 Å². The maximum absolute atomic E-state index is 10.2. The third-order valence-electron chi connectivity index (χ3n) is 1.41. The number of rotatable bonds is 4. The Balaban J connectivity index is 2.54. The van der Waals surface area contributed by atoms with Crippen LogP contribution in [-0.4, -0.2) is 35.3 Å². The second kappa shape index (κ2) is 3.88. The fourth-order valence-electron chi connectivity index (χ4n) is 0.743. The van der Waals surface area contributed by atoms with Crippen molar-refractivity contribution in [3.05, 3.63) is 5.89 Å². The first-order chi connectivity index (χ1) is 6.09. The molecule has 0 radical (unpaired) electrons. The minimum atomic E-state index is -0.871. The van der Waals surface area contributed by atoms with E-state index < -0.39 is 5.97 Å². The Hall–Kier alpha value is -1.59. The minimum absolute atomic E-state index is 0.00899. The van der Waals surface area contributed by atoms with Crippen molar-refractivity contribution in [2.24, 2.45) is 0 Å². The molecular weight excluding hydrogens is 174 g/mol. The van der Waals surface area contributed by atoms with E-state index in [9.17, 15) is 4.79 Å². The second-order valence-corrected chi connectivity index (χ2v) is 2.78. The summed E-state index contributed by atoms with van der Waals surface area (Å²) in [4.78, 5) is 15.9. The van der Waals surface area contributed by atoms with Gasteiger partial charge in [-0.1, -0.05) is 0 Å². The third kappa shape index (κ3) is 2.73. The summed E-state index contributed by atoms with van der Waals surface area (Å²) in [7, 11) is 3.57. The predicted molar refractivity (Wildman–Crippen MR) is 44.6 cm³/mol. The molecule has 0 bridgehead atoms. The standard InChI is InChI=1S/C7H11N3O3/c1-10(2)7-8-5(13-9-7)3-4-6(11)12/h3-4H2,1-2H3,(H,11,12). The Morgan fingerprint density at radius 3 is 2.77 bits per heavy atom. The van der Waals surface area contributed by atoms with E-state index in [1.54, 1.807) is 19.0 Å². The van der Waals surface area contributed by atoms with Gasteiger partial charge in [-0.3, -0.25) is 4.79 Å². The van der Waals surface area contributed by atoms with E-state index in [2.05, 4.69) is 10.1 Å². The highest BCUT2D eigenvalue weighted by atomic mass is 16.5. The normalized spacial score (nSPS) is 10.0. The number of nitrogens with zero attached hydrogens (tertiary/aromatic N) is 3. The Bertz CT molecular complexity index is 295. The SMILES string of the molecule is CN(C)c1noc(CCC(=O)O)n1. The molecule has 1 N–H and O–H groups in total. The van der Waals surface area contributed by atoms with Gasteiger partial charge < -0.3 is 14.5 Å². The average molecular weight is 185 g/mol. The van der Waals surface area contributed by atoms with Crippen LogP contribution in [-0.2, 0) is 11.2 Å². The van der Waals surface area contributed by atoms with Gasteiger partial charge in [0, 0.05) is 20.5 Å². The van der Waals surface area contributed by atoms with E-state index in [4.69, 9.17) is 9.63 Å². The Kier molecular flexibility index (Phi) is 2.84. The zero-order valence-electron chi connectivity index (χ0n) is 7.52. The zero-order chi connectivity index (χ0) is 9.84. The topological polar surface area (TPSA) is 79.5 Å². The molecule has 1 aromatic rings. The molecule has 0 aromatic carbocycles. The molecule has 0 saturated heterocycles. The molecule has 0 atom stereocenters. The van der Waals surface area contributed by atoms with Crippen LogP contribution in [0.4, 0.5) is 5.95 Å². The van der Waals surface area contributed by atoms with Crippen LogP contribution in [0.2, 0.25) is 0 Å². The average Bonchev–Trinajstić information content (AvgIpc) is 2.48. The number of carboxylic acids is 1. The molecule has 0 fully saturated rings. The highest BCUT2D eigenvalue weighted by molar-refractivity contribution is 5.66. The lowest BCUT2D eigenvalue weighted by Crippen LogP contribution is -2.10. The first-order valence-corrected chi connectivity index (χ1v) is 3.81. The lowest BCUT2D eigenvalue weighted by molar-refractivity contribution is -0.137. The fraction of sp³-hybridized carbons (Fsp3) is 0.571. The predicted octanol–water partition coefficient (Wildman–Crippen LogP) is 0.153. The van der Waals surface area contributed by atoms with Crippen LogP contribution in [0.5, 0.6) is 0 Å². The molecule has 13 heavy (non-hydrogen) atoms. The van der Waals surface area contributed by atoms with E-state index in [1.807, 2.05) is 0 Å². The van der Waals surface area contributed by atoms with Crippen molar-refractivity contribution in [1.82, 2.24) is 10.1 Å². The zero-order valence-corrected chi connectivity index (χ0v) is 7.52. The minimum Gasteiger partial charge on any atom is -0.481 e. The number of carbonyl (C=O) groups is 1. The van der Waals surface area contributed by atoms with Crippen LogP contribution in [0.3, 0.4) is 0 Å². The molecule has 6 heteroatoms. The van der Waals surface area contributed by atoms with Crippen molar-refractivity contribution in [2.45, 2.75) is 12.8 Å². The summed E-state index contributed by atoms with van der Waals surface area (Å²) >= 11 is 0. The van der Waals surface area contributed by atoms with Gasteiger partial charge >= 0.3 is 5.97 Å². The monoisotopic (exact) mass is 185 g/mol. The van der Waals surface area contributed by atoms with Gasteiger partial charge in [0.05, 0.1) is 6.42 Å². The van der Waals surface area contributed by atoms with Gasteiger partial charge in [0.1, 0.15) is 0 Å². The van der Waals surface area contributed by atoms with E-state index in [0.717, 1.165) is 0 Å². The molecule has 0 amide bonds. The van der Waals surface area contributed by atoms with Crippen molar-refractivity contribution in [3.8, 4) is 0 Å². The molecule has 6 nitrogen and oxygen atoms in total. The van der Waals surface area contributed by atoms with E-state index in [0.29, 0.717) is 11.8 Å². The second-order valence-electron chi connectivity index (χ2n) is 2.78. The quantitative estimate of drug-likeness (QED) is 0.719. The summed E-state index contributed by atoms with van der Waals surface area (Å²) in [6, 6.07) is 0. The van der Waals surface area contributed by atoms with Crippen LogP contribution in [0.25, 0.3) is 0 Å². The lowest BCUT2D eigenvalue weighted by Gasteiger charge is -2.02. The fourth-order valence-corrected chi connectivity index (χ4v) is 0.743. The number of hydrogen-bond donors (Lipinski definition) is 1. The summed E-state index contributed by atoms with van der Waals surface area (Å²) in [6.45, 7) is 0. The summed E-state index contributed by atoms with van der Waals surface area (Å²) in [5.41, 5.74) is 0. The van der Waals surface area contributed by atoms with E-state index >= 15 is 0 Å². The van der Waals surface area contributed by atoms with Crippen LogP contribution < -0.4 is 4.90 Å². The van der Waals surface area contributed by atoms with Gasteiger partial charge in [-0.05, 0) is 5.16 Å².